The molecule has 2 aromatic rings. The Bertz CT molecular complexity index is 804. The van der Waals surface area contributed by atoms with Crippen molar-refractivity contribution in [3.05, 3.63) is 51.7 Å². The minimum Gasteiger partial charge on any atom is -0.465 e. The van der Waals surface area contributed by atoms with Crippen LogP contribution < -0.4 is 5.32 Å². The molecule has 0 saturated carbocycles. The Morgan fingerprint density at radius 3 is 1.97 bits per heavy atom. The molecule has 0 atom stereocenters. The molecular weight excluding hydrogens is 402 g/mol. The molecule has 30 heavy (non-hydrogen) atoms. The van der Waals surface area contributed by atoms with Crippen LogP contribution in [0.3, 0.4) is 0 Å². The highest BCUT2D eigenvalue weighted by Crippen LogP contribution is 2.24. The molecule has 0 bridgehead atoms. The first-order valence-corrected chi connectivity index (χ1v) is 10.9. The van der Waals surface area contributed by atoms with E-state index in [0.717, 1.165) is 0 Å². The fourth-order valence-electron chi connectivity index (χ4n) is 2.17. The SMILES string of the molecule is CC.CC.COC(=O)c1ccc(C(=O)Cc2cscc2NC(=O)OC(C)(C)C)cc1. The third kappa shape index (κ3) is 9.22. The molecule has 0 saturated heterocycles. The third-order valence-corrected chi connectivity index (χ3v) is 4.15. The highest BCUT2D eigenvalue weighted by atomic mass is 32.1. The van der Waals surface area contributed by atoms with Crippen molar-refractivity contribution in [2.45, 2.75) is 60.5 Å². The van der Waals surface area contributed by atoms with Gasteiger partial charge in [0, 0.05) is 17.4 Å². The van der Waals surface area contributed by atoms with Gasteiger partial charge in [0.15, 0.2) is 5.78 Å². The number of anilines is 1. The highest BCUT2D eigenvalue weighted by Gasteiger charge is 2.19. The Hall–Kier alpha value is -2.67. The summed E-state index contributed by atoms with van der Waals surface area (Å²) in [6.07, 6.45) is -0.432. The van der Waals surface area contributed by atoms with Gasteiger partial charge in [-0.2, -0.15) is 0 Å². The number of nitrogens with one attached hydrogen (secondary N) is 1. The van der Waals surface area contributed by atoms with Crippen LogP contribution in [0.15, 0.2) is 35.0 Å². The molecule has 0 aliphatic heterocycles. The minimum absolute atomic E-state index is 0.118. The molecular formula is C23H33NO5S. The van der Waals surface area contributed by atoms with Gasteiger partial charge in [0.1, 0.15) is 5.60 Å². The fourth-order valence-corrected chi connectivity index (χ4v) is 2.96. The first-order chi connectivity index (χ1) is 14.2. The fraction of sp³-hybridized carbons (Fsp3) is 0.435. The summed E-state index contributed by atoms with van der Waals surface area (Å²) in [7, 11) is 1.30. The van der Waals surface area contributed by atoms with Gasteiger partial charge in [0.05, 0.1) is 18.4 Å². The molecule has 6 nitrogen and oxygen atoms in total. The molecule has 0 fully saturated rings. The maximum absolute atomic E-state index is 12.5. The van der Waals surface area contributed by atoms with Crippen LogP contribution in [-0.2, 0) is 15.9 Å². The molecule has 0 radical (unpaired) electrons. The summed E-state index contributed by atoms with van der Waals surface area (Å²) in [6, 6.07) is 6.27. The van der Waals surface area contributed by atoms with Gasteiger partial charge in [-0.3, -0.25) is 10.1 Å². The zero-order valence-electron chi connectivity index (χ0n) is 19.1. The van der Waals surface area contributed by atoms with Crippen molar-refractivity contribution in [1.82, 2.24) is 0 Å². The Morgan fingerprint density at radius 2 is 1.47 bits per heavy atom. The normalized spacial score (nSPS) is 9.87. The van der Waals surface area contributed by atoms with Gasteiger partial charge in [0.25, 0.3) is 0 Å². The lowest BCUT2D eigenvalue weighted by atomic mass is 10.0. The summed E-state index contributed by atoms with van der Waals surface area (Å²) in [5.41, 5.74) is 1.53. The Morgan fingerprint density at radius 1 is 0.933 bits per heavy atom. The zero-order valence-corrected chi connectivity index (χ0v) is 19.9. The van der Waals surface area contributed by atoms with E-state index in [-0.39, 0.29) is 12.2 Å². The van der Waals surface area contributed by atoms with Gasteiger partial charge in [-0.25, -0.2) is 9.59 Å². The lowest BCUT2D eigenvalue weighted by Gasteiger charge is -2.19. The number of amides is 1. The number of carbonyl (C=O) groups excluding carboxylic acids is 3. The van der Waals surface area contributed by atoms with Crippen molar-refractivity contribution in [3.8, 4) is 0 Å². The monoisotopic (exact) mass is 435 g/mol. The number of ketones is 1. The van der Waals surface area contributed by atoms with Gasteiger partial charge in [-0.15, -0.1) is 11.3 Å². The predicted molar refractivity (Wildman–Crippen MR) is 123 cm³/mol. The van der Waals surface area contributed by atoms with Crippen LogP contribution in [0.4, 0.5) is 10.5 Å². The molecule has 0 aliphatic carbocycles. The van der Waals surface area contributed by atoms with Crippen molar-refractivity contribution in [3.63, 3.8) is 0 Å². The highest BCUT2D eigenvalue weighted by molar-refractivity contribution is 7.08. The quantitative estimate of drug-likeness (QED) is 0.436. The number of methoxy groups -OCH3 is 1. The standard InChI is InChI=1S/C19H21NO5S.2C2H6/c1-19(2,3)25-18(23)20-15-11-26-10-14(15)9-16(21)12-5-7-13(8-6-12)17(22)24-4;2*1-2/h5-8,10-11H,9H2,1-4H3,(H,20,23);2*1-2H3. The van der Waals surface area contributed by atoms with E-state index in [4.69, 9.17) is 4.74 Å². The maximum Gasteiger partial charge on any atom is 0.412 e. The van der Waals surface area contributed by atoms with Crippen LogP contribution in [0.1, 0.15) is 74.7 Å². The number of hydrogen-bond donors (Lipinski definition) is 1. The summed E-state index contributed by atoms with van der Waals surface area (Å²) in [5.74, 6) is -0.572. The van der Waals surface area contributed by atoms with Crippen LogP contribution in [-0.4, -0.2) is 30.6 Å². The number of benzene rings is 1. The van der Waals surface area contributed by atoms with Gasteiger partial charge < -0.3 is 9.47 Å². The molecule has 2 rings (SSSR count). The van der Waals surface area contributed by atoms with Crippen LogP contribution in [0, 0.1) is 0 Å². The molecule has 1 aromatic carbocycles. The Kier molecular flexibility index (Phi) is 12.3. The van der Waals surface area contributed by atoms with Crippen molar-refractivity contribution in [1.29, 1.82) is 0 Å². The number of Topliss-reactive ketones (excluding diaryl/α,β-unsaturated/α-hetero) is 1. The lowest BCUT2D eigenvalue weighted by Crippen LogP contribution is -2.27. The van der Waals surface area contributed by atoms with E-state index in [1.54, 1.807) is 50.4 Å². The summed E-state index contributed by atoms with van der Waals surface area (Å²) < 4.78 is 9.86. The Labute approximate surface area is 183 Å². The molecule has 0 spiro atoms. The molecule has 7 heteroatoms. The van der Waals surface area contributed by atoms with E-state index >= 15 is 0 Å². The summed E-state index contributed by atoms with van der Waals surface area (Å²) in [5, 5.41) is 6.24. The van der Waals surface area contributed by atoms with E-state index in [9.17, 15) is 14.4 Å². The Balaban J connectivity index is 0.00000198. The average molecular weight is 436 g/mol. The van der Waals surface area contributed by atoms with Gasteiger partial charge in [-0.05, 0) is 43.8 Å². The number of hydrogen-bond acceptors (Lipinski definition) is 6. The number of thiophene rings is 1. The molecule has 1 heterocycles. The molecule has 1 aromatic heterocycles. The number of esters is 1. The van der Waals surface area contributed by atoms with Crippen LogP contribution in [0.25, 0.3) is 0 Å². The van der Waals surface area contributed by atoms with Crippen LogP contribution in [0.5, 0.6) is 0 Å². The molecule has 166 valence electrons. The second-order valence-electron chi connectivity index (χ2n) is 6.61. The first kappa shape index (κ1) is 27.3. The van der Waals surface area contributed by atoms with Gasteiger partial charge in [0.2, 0.25) is 0 Å². The lowest BCUT2D eigenvalue weighted by molar-refractivity contribution is 0.0598. The largest absolute Gasteiger partial charge is 0.465 e. The third-order valence-electron chi connectivity index (χ3n) is 3.36. The van der Waals surface area contributed by atoms with E-state index in [2.05, 4.69) is 10.1 Å². The summed E-state index contributed by atoms with van der Waals surface area (Å²) >= 11 is 1.39. The number of carbonyl (C=O) groups is 3. The predicted octanol–water partition coefficient (Wildman–Crippen LogP) is 6.36. The average Bonchev–Trinajstić information content (AvgIpc) is 3.15. The zero-order chi connectivity index (χ0) is 23.3. The van der Waals surface area contributed by atoms with Crippen molar-refractivity contribution >= 4 is 34.9 Å². The molecule has 1 amide bonds. The first-order valence-electron chi connectivity index (χ1n) is 9.96. The maximum atomic E-state index is 12.5. The van der Waals surface area contributed by atoms with E-state index in [1.165, 1.54) is 18.4 Å². The number of ether oxygens (including phenoxy) is 2. The van der Waals surface area contributed by atoms with E-state index in [0.29, 0.717) is 22.4 Å². The van der Waals surface area contributed by atoms with Crippen molar-refractivity contribution in [2.75, 3.05) is 12.4 Å². The van der Waals surface area contributed by atoms with Gasteiger partial charge in [-0.1, -0.05) is 39.8 Å². The smallest absolute Gasteiger partial charge is 0.412 e. The topological polar surface area (TPSA) is 81.7 Å². The minimum atomic E-state index is -0.600. The summed E-state index contributed by atoms with van der Waals surface area (Å²) in [4.78, 5) is 35.8. The molecule has 0 unspecified atom stereocenters. The van der Waals surface area contributed by atoms with Crippen molar-refractivity contribution < 1.29 is 23.9 Å². The van der Waals surface area contributed by atoms with Gasteiger partial charge >= 0.3 is 12.1 Å². The van der Waals surface area contributed by atoms with Crippen LogP contribution >= 0.6 is 11.3 Å². The second-order valence-corrected chi connectivity index (χ2v) is 7.35. The number of rotatable bonds is 5. The molecule has 1 N–H and O–H groups in total. The summed E-state index contributed by atoms with van der Waals surface area (Å²) in [6.45, 7) is 13.3. The van der Waals surface area contributed by atoms with Crippen molar-refractivity contribution in [2.24, 2.45) is 0 Å². The van der Waals surface area contributed by atoms with Crippen LogP contribution in [0.2, 0.25) is 0 Å². The van der Waals surface area contributed by atoms with E-state index < -0.39 is 17.7 Å². The van der Waals surface area contributed by atoms with E-state index in [1.807, 2.05) is 33.1 Å². The molecule has 0 aliphatic rings. The second kappa shape index (κ2) is 13.5.